The van der Waals surface area contributed by atoms with Gasteiger partial charge in [-0.15, -0.1) is 0 Å². The highest BCUT2D eigenvalue weighted by Gasteiger charge is 2.25. The first-order valence-electron chi connectivity index (χ1n) is 15.1. The van der Waals surface area contributed by atoms with Crippen LogP contribution >= 0.6 is 0 Å². The summed E-state index contributed by atoms with van der Waals surface area (Å²) < 4.78 is 15.8. The maximum absolute atomic E-state index is 12.3. The van der Waals surface area contributed by atoms with Gasteiger partial charge < -0.3 is 24.4 Å². The summed E-state index contributed by atoms with van der Waals surface area (Å²) >= 11 is 0. The number of carbonyl (C=O) groups is 4. The molecule has 4 rings (SSSR count). The molecule has 4 aromatic carbocycles. The van der Waals surface area contributed by atoms with Crippen molar-refractivity contribution in [3.63, 3.8) is 0 Å². The first kappa shape index (κ1) is 37.9. The van der Waals surface area contributed by atoms with Crippen LogP contribution in [0.1, 0.15) is 80.2 Å². The summed E-state index contributed by atoms with van der Waals surface area (Å²) in [6.07, 6.45) is -0.430. The molecule has 47 heavy (non-hydrogen) atoms. The third-order valence-electron chi connectivity index (χ3n) is 6.73. The summed E-state index contributed by atoms with van der Waals surface area (Å²) in [5.74, 6) is -0.168. The zero-order valence-electron chi connectivity index (χ0n) is 27.6. The van der Waals surface area contributed by atoms with E-state index in [4.69, 9.17) is 9.47 Å². The van der Waals surface area contributed by atoms with E-state index in [-0.39, 0.29) is 19.0 Å². The van der Waals surface area contributed by atoms with Gasteiger partial charge in [-0.05, 0) is 93.6 Å². The van der Waals surface area contributed by atoms with E-state index in [1.165, 1.54) is 0 Å². The van der Waals surface area contributed by atoms with Gasteiger partial charge in [-0.3, -0.25) is 9.59 Å². The van der Waals surface area contributed by atoms with Gasteiger partial charge in [-0.2, -0.15) is 0 Å². The number of phenolic OH excluding ortho intramolecular Hbond substituents is 1. The van der Waals surface area contributed by atoms with E-state index in [9.17, 15) is 29.4 Å². The standard InChI is InChI=1S/C19H20O4.C10H12O3.C9H10O2/c1-4-22-19(21)18(16-8-6-5-7-9-16)23-17-13(2)10-15(12-20)11-14(17)3;1-2-13-10(12)9(11)8-6-4-3-5-7-8;1-6-3-8(5-10)4-7(2)9(6)11/h5-12,18H,4H2,1-3H3;3-7,9,11H,2H2,1H3;3-5,11H,1-2H3. The number of aliphatic hydroxyl groups excluding tert-OH is 1. The minimum absolute atomic E-state index is 0.274. The molecule has 0 amide bonds. The van der Waals surface area contributed by atoms with Crippen LogP contribution < -0.4 is 4.74 Å². The highest BCUT2D eigenvalue weighted by atomic mass is 16.6. The molecule has 0 aliphatic carbocycles. The molecule has 4 aromatic rings. The Balaban J connectivity index is 0.000000270. The Hall–Kier alpha value is -5.28. The predicted octanol–water partition coefficient (Wildman–Crippen LogP) is 6.90. The van der Waals surface area contributed by atoms with E-state index in [0.717, 1.165) is 40.4 Å². The Bertz CT molecular complexity index is 1570. The van der Waals surface area contributed by atoms with Crippen LogP contribution in [0.2, 0.25) is 0 Å². The third kappa shape index (κ3) is 11.5. The summed E-state index contributed by atoms with van der Waals surface area (Å²) in [6, 6.07) is 24.7. The van der Waals surface area contributed by atoms with Crippen molar-refractivity contribution >= 4 is 24.5 Å². The van der Waals surface area contributed by atoms with E-state index in [1.807, 2.05) is 50.2 Å². The predicted molar refractivity (Wildman–Crippen MR) is 179 cm³/mol. The first-order valence-corrected chi connectivity index (χ1v) is 15.1. The number of aldehydes is 2. The SMILES string of the molecule is CCOC(=O)C(O)c1ccccc1.CCOC(=O)C(Oc1c(C)cc(C=O)cc1C)c1ccccc1.Cc1cc(C=O)cc(C)c1O. The second kappa shape index (κ2) is 19.3. The van der Waals surface area contributed by atoms with E-state index >= 15 is 0 Å². The molecule has 0 bridgehead atoms. The van der Waals surface area contributed by atoms with Gasteiger partial charge in [0.2, 0.25) is 6.10 Å². The number of ether oxygens (including phenoxy) is 3. The molecule has 0 spiro atoms. The maximum Gasteiger partial charge on any atom is 0.352 e. The van der Waals surface area contributed by atoms with Crippen LogP contribution in [-0.2, 0) is 19.1 Å². The topological polar surface area (TPSA) is 136 Å². The molecule has 0 aliphatic heterocycles. The molecule has 0 heterocycles. The van der Waals surface area contributed by atoms with Gasteiger partial charge in [-0.25, -0.2) is 9.59 Å². The monoisotopic (exact) mass is 642 g/mol. The van der Waals surface area contributed by atoms with Gasteiger partial charge in [-0.1, -0.05) is 60.7 Å². The molecular formula is C38H42O9. The lowest BCUT2D eigenvalue weighted by Gasteiger charge is -2.21. The zero-order chi connectivity index (χ0) is 34.9. The van der Waals surface area contributed by atoms with Crippen molar-refractivity contribution < 1.29 is 43.6 Å². The summed E-state index contributed by atoms with van der Waals surface area (Å²) in [5.41, 5.74) is 5.57. The van der Waals surface area contributed by atoms with Crippen molar-refractivity contribution in [1.29, 1.82) is 0 Å². The average Bonchev–Trinajstić information content (AvgIpc) is 3.07. The Morgan fingerprint density at radius 3 is 1.49 bits per heavy atom. The third-order valence-corrected chi connectivity index (χ3v) is 6.73. The van der Waals surface area contributed by atoms with Crippen LogP contribution in [0.4, 0.5) is 0 Å². The van der Waals surface area contributed by atoms with E-state index in [0.29, 0.717) is 22.4 Å². The summed E-state index contributed by atoms with van der Waals surface area (Å²) in [7, 11) is 0. The fraction of sp³-hybridized carbons (Fsp3) is 0.263. The van der Waals surface area contributed by atoms with Gasteiger partial charge >= 0.3 is 11.9 Å². The lowest BCUT2D eigenvalue weighted by Crippen LogP contribution is -2.22. The van der Waals surface area contributed by atoms with Crippen molar-refractivity contribution in [3.05, 3.63) is 129 Å². The maximum atomic E-state index is 12.3. The number of aryl methyl sites for hydroxylation is 4. The van der Waals surface area contributed by atoms with Gasteiger partial charge in [0.25, 0.3) is 0 Å². The van der Waals surface area contributed by atoms with Crippen molar-refractivity contribution in [2.24, 2.45) is 0 Å². The average molecular weight is 643 g/mol. The van der Waals surface area contributed by atoms with Gasteiger partial charge in [0.05, 0.1) is 13.2 Å². The molecule has 2 unspecified atom stereocenters. The number of benzene rings is 4. The van der Waals surface area contributed by atoms with Crippen molar-refractivity contribution in [1.82, 2.24) is 0 Å². The Labute approximate surface area is 275 Å². The first-order chi connectivity index (χ1) is 22.5. The number of rotatable bonds is 10. The Morgan fingerprint density at radius 1 is 0.660 bits per heavy atom. The molecule has 9 heteroatoms. The molecule has 2 N–H and O–H groups in total. The normalized spacial score (nSPS) is 11.3. The van der Waals surface area contributed by atoms with Gasteiger partial charge in [0.15, 0.2) is 6.10 Å². The minimum Gasteiger partial charge on any atom is -0.507 e. The number of aromatic hydroxyl groups is 1. The number of hydrogen-bond acceptors (Lipinski definition) is 9. The molecule has 0 saturated heterocycles. The van der Waals surface area contributed by atoms with Gasteiger partial charge in [0.1, 0.15) is 24.1 Å². The van der Waals surface area contributed by atoms with Crippen LogP contribution in [0, 0.1) is 27.7 Å². The van der Waals surface area contributed by atoms with Crippen LogP contribution in [0.3, 0.4) is 0 Å². The van der Waals surface area contributed by atoms with Crippen molar-refractivity contribution in [3.8, 4) is 11.5 Å². The fourth-order valence-corrected chi connectivity index (χ4v) is 4.50. The molecule has 248 valence electrons. The van der Waals surface area contributed by atoms with E-state index in [2.05, 4.69) is 4.74 Å². The molecule has 0 saturated carbocycles. The number of hydrogen-bond donors (Lipinski definition) is 2. The fourth-order valence-electron chi connectivity index (χ4n) is 4.50. The Morgan fingerprint density at radius 2 is 1.06 bits per heavy atom. The number of carbonyl (C=O) groups excluding carboxylic acids is 4. The van der Waals surface area contributed by atoms with Crippen LogP contribution in [0.15, 0.2) is 84.9 Å². The molecule has 0 radical (unpaired) electrons. The highest BCUT2D eigenvalue weighted by Crippen LogP contribution is 2.30. The highest BCUT2D eigenvalue weighted by molar-refractivity contribution is 5.79. The molecule has 2 atom stereocenters. The number of phenols is 1. The van der Waals surface area contributed by atoms with Crippen LogP contribution in [0.25, 0.3) is 0 Å². The molecule has 0 aliphatic rings. The van der Waals surface area contributed by atoms with Gasteiger partial charge in [0, 0.05) is 16.7 Å². The zero-order valence-corrected chi connectivity index (χ0v) is 27.6. The molecule has 0 aromatic heterocycles. The number of esters is 2. The van der Waals surface area contributed by atoms with E-state index in [1.54, 1.807) is 76.2 Å². The van der Waals surface area contributed by atoms with Crippen LogP contribution in [0.5, 0.6) is 11.5 Å². The lowest BCUT2D eigenvalue weighted by molar-refractivity contribution is -0.153. The minimum atomic E-state index is -1.17. The smallest absolute Gasteiger partial charge is 0.352 e. The van der Waals surface area contributed by atoms with Crippen molar-refractivity contribution in [2.75, 3.05) is 13.2 Å². The summed E-state index contributed by atoms with van der Waals surface area (Å²) in [5, 5.41) is 18.8. The summed E-state index contributed by atoms with van der Waals surface area (Å²) in [4.78, 5) is 44.6. The van der Waals surface area contributed by atoms with E-state index < -0.39 is 24.1 Å². The Kier molecular flexibility index (Phi) is 15.6. The molecule has 9 nitrogen and oxygen atoms in total. The molecular weight excluding hydrogens is 600 g/mol. The quantitative estimate of drug-likeness (QED) is 0.140. The summed E-state index contributed by atoms with van der Waals surface area (Å²) in [6.45, 7) is 11.3. The van der Waals surface area contributed by atoms with Crippen LogP contribution in [-0.4, -0.2) is 47.9 Å². The second-order valence-electron chi connectivity index (χ2n) is 10.4. The second-order valence-corrected chi connectivity index (χ2v) is 10.4. The number of aliphatic hydroxyl groups is 1. The largest absolute Gasteiger partial charge is 0.507 e. The van der Waals surface area contributed by atoms with Crippen molar-refractivity contribution in [2.45, 2.75) is 53.8 Å². The lowest BCUT2D eigenvalue weighted by atomic mass is 10.1. The molecule has 0 fully saturated rings.